The smallest absolute Gasteiger partial charge is 0.153 e. The zero-order valence-electron chi connectivity index (χ0n) is 16.9. The number of aromatic nitrogens is 2. The average Bonchev–Trinajstić information content (AvgIpc) is 3.06. The monoisotopic (exact) mass is 397 g/mol. The molecule has 0 N–H and O–H groups in total. The van der Waals surface area contributed by atoms with Gasteiger partial charge in [0.25, 0.3) is 0 Å². The van der Waals surface area contributed by atoms with Crippen molar-refractivity contribution in [2.75, 3.05) is 31.2 Å². The van der Waals surface area contributed by atoms with Gasteiger partial charge < -0.3 is 9.64 Å². The SMILES string of the molecule is CC.Cc1ccc(Sn2cc(C)c3c(N4CCOCC4)c(C=O)cnc32)cc1. The largest absolute Gasteiger partial charge is 0.378 e. The van der Waals surface area contributed by atoms with Crippen molar-refractivity contribution in [3.63, 3.8) is 0 Å². The first kappa shape index (κ1) is 20.4. The van der Waals surface area contributed by atoms with Gasteiger partial charge in [0.1, 0.15) is 0 Å². The number of benzene rings is 1. The average molecular weight is 398 g/mol. The summed E-state index contributed by atoms with van der Waals surface area (Å²) in [6, 6.07) is 8.45. The molecule has 0 amide bonds. The van der Waals surface area contributed by atoms with Crippen LogP contribution in [0.25, 0.3) is 11.0 Å². The maximum Gasteiger partial charge on any atom is 0.153 e. The molecule has 148 valence electrons. The molecular weight excluding hydrogens is 370 g/mol. The van der Waals surface area contributed by atoms with Gasteiger partial charge in [-0.2, -0.15) is 0 Å². The van der Waals surface area contributed by atoms with E-state index in [4.69, 9.17) is 4.74 Å². The van der Waals surface area contributed by atoms with Crippen LogP contribution in [-0.2, 0) is 4.74 Å². The number of fused-ring (bicyclic) bond motifs is 1. The quantitative estimate of drug-likeness (QED) is 0.587. The van der Waals surface area contributed by atoms with Gasteiger partial charge in [-0.3, -0.25) is 8.77 Å². The highest BCUT2D eigenvalue weighted by Gasteiger charge is 2.22. The number of hydrogen-bond acceptors (Lipinski definition) is 5. The Labute approximate surface area is 170 Å². The number of hydrogen-bond donors (Lipinski definition) is 0. The van der Waals surface area contributed by atoms with E-state index in [1.165, 1.54) is 5.56 Å². The first-order chi connectivity index (χ1) is 13.7. The Morgan fingerprint density at radius 2 is 1.79 bits per heavy atom. The molecule has 0 radical (unpaired) electrons. The molecule has 1 aliphatic rings. The van der Waals surface area contributed by atoms with Crippen molar-refractivity contribution in [2.24, 2.45) is 0 Å². The summed E-state index contributed by atoms with van der Waals surface area (Å²) in [4.78, 5) is 19.6. The Balaban J connectivity index is 0.00000109. The first-order valence-corrected chi connectivity index (χ1v) is 10.5. The third-order valence-electron chi connectivity index (χ3n) is 4.65. The number of carbonyl (C=O) groups excluding carboxylic acids is 1. The summed E-state index contributed by atoms with van der Waals surface area (Å²) in [5.41, 5.74) is 4.87. The molecule has 5 nitrogen and oxygen atoms in total. The van der Waals surface area contributed by atoms with Gasteiger partial charge in [-0.25, -0.2) is 4.98 Å². The van der Waals surface area contributed by atoms with Crippen LogP contribution in [0.2, 0.25) is 0 Å². The summed E-state index contributed by atoms with van der Waals surface area (Å²) in [5.74, 6) is 0. The number of aldehydes is 1. The summed E-state index contributed by atoms with van der Waals surface area (Å²) < 4.78 is 7.57. The molecule has 1 saturated heterocycles. The number of morpholine rings is 1. The molecule has 0 spiro atoms. The van der Waals surface area contributed by atoms with Crippen LogP contribution in [0, 0.1) is 13.8 Å². The molecule has 0 saturated carbocycles. The van der Waals surface area contributed by atoms with Crippen molar-refractivity contribution in [3.8, 4) is 0 Å². The number of rotatable bonds is 4. The molecule has 0 unspecified atom stereocenters. The highest BCUT2D eigenvalue weighted by molar-refractivity contribution is 7.98. The van der Waals surface area contributed by atoms with Crippen LogP contribution in [0.4, 0.5) is 5.69 Å². The Hall–Kier alpha value is -2.31. The van der Waals surface area contributed by atoms with Gasteiger partial charge in [0.15, 0.2) is 11.9 Å². The summed E-state index contributed by atoms with van der Waals surface area (Å²) >= 11 is 1.64. The minimum Gasteiger partial charge on any atom is -0.378 e. The molecular formula is C22H27N3O2S. The third-order valence-corrected chi connectivity index (χ3v) is 5.61. The van der Waals surface area contributed by atoms with Gasteiger partial charge in [-0.15, -0.1) is 0 Å². The second-order valence-corrected chi connectivity index (χ2v) is 7.57. The fourth-order valence-electron chi connectivity index (χ4n) is 3.33. The zero-order chi connectivity index (χ0) is 20.1. The Morgan fingerprint density at radius 1 is 1.11 bits per heavy atom. The van der Waals surface area contributed by atoms with E-state index >= 15 is 0 Å². The van der Waals surface area contributed by atoms with E-state index < -0.39 is 0 Å². The van der Waals surface area contributed by atoms with E-state index in [9.17, 15) is 4.79 Å². The van der Waals surface area contributed by atoms with Gasteiger partial charge in [-0.1, -0.05) is 31.5 Å². The molecule has 2 aromatic heterocycles. The van der Waals surface area contributed by atoms with E-state index in [2.05, 4.69) is 58.2 Å². The van der Waals surface area contributed by atoms with Crippen LogP contribution in [-0.4, -0.2) is 41.5 Å². The van der Waals surface area contributed by atoms with Crippen molar-refractivity contribution in [2.45, 2.75) is 32.6 Å². The van der Waals surface area contributed by atoms with Gasteiger partial charge in [0.05, 0.1) is 24.5 Å². The van der Waals surface area contributed by atoms with Crippen LogP contribution in [0.5, 0.6) is 0 Å². The Bertz CT molecular complexity index is 945. The summed E-state index contributed by atoms with van der Waals surface area (Å²) in [6.45, 7) is 11.1. The molecule has 0 aliphatic carbocycles. The summed E-state index contributed by atoms with van der Waals surface area (Å²) in [7, 11) is 0. The van der Waals surface area contributed by atoms with Gasteiger partial charge >= 0.3 is 0 Å². The second kappa shape index (κ2) is 9.26. The lowest BCUT2D eigenvalue weighted by Crippen LogP contribution is -2.37. The fraction of sp³-hybridized carbons (Fsp3) is 0.364. The zero-order valence-corrected chi connectivity index (χ0v) is 17.8. The van der Waals surface area contributed by atoms with E-state index in [-0.39, 0.29) is 0 Å². The molecule has 3 aromatic rings. The number of pyridine rings is 1. The minimum absolute atomic E-state index is 0.639. The number of ether oxygens (including phenoxy) is 1. The van der Waals surface area contributed by atoms with Gasteiger partial charge in [0.2, 0.25) is 0 Å². The van der Waals surface area contributed by atoms with E-state index in [1.54, 1.807) is 18.1 Å². The van der Waals surface area contributed by atoms with Crippen molar-refractivity contribution >= 4 is 35.0 Å². The van der Waals surface area contributed by atoms with Crippen LogP contribution < -0.4 is 4.90 Å². The lowest BCUT2D eigenvalue weighted by molar-refractivity contribution is 0.111. The van der Waals surface area contributed by atoms with Crippen molar-refractivity contribution < 1.29 is 9.53 Å². The predicted molar refractivity (Wildman–Crippen MR) is 117 cm³/mol. The number of carbonyl (C=O) groups is 1. The standard InChI is InChI=1S/C20H21N3O2S.C2H6/c1-14-3-5-17(6-4-14)26-23-12-15(2)18-19(22-7-9-25-10-8-22)16(13-24)11-21-20(18)23;1-2/h3-6,11-13H,7-10H2,1-2H3;1-2H3. The number of aryl methyl sites for hydroxylation is 2. The van der Waals surface area contributed by atoms with Crippen LogP contribution in [0.3, 0.4) is 0 Å². The Kier molecular flexibility index (Phi) is 6.75. The highest BCUT2D eigenvalue weighted by Crippen LogP contribution is 2.36. The van der Waals surface area contributed by atoms with Crippen LogP contribution in [0.15, 0.2) is 41.6 Å². The minimum atomic E-state index is 0.639. The summed E-state index contributed by atoms with van der Waals surface area (Å²) in [6.07, 6.45) is 4.69. The van der Waals surface area contributed by atoms with Gasteiger partial charge in [-0.05, 0) is 43.5 Å². The maximum atomic E-state index is 11.6. The summed E-state index contributed by atoms with van der Waals surface area (Å²) in [5, 5.41) is 1.05. The molecule has 6 heteroatoms. The van der Waals surface area contributed by atoms with Crippen LogP contribution >= 0.6 is 11.9 Å². The molecule has 0 atom stereocenters. The van der Waals surface area contributed by atoms with Crippen molar-refractivity contribution in [3.05, 3.63) is 53.3 Å². The molecule has 1 aromatic carbocycles. The van der Waals surface area contributed by atoms with E-state index in [0.29, 0.717) is 18.8 Å². The number of anilines is 1. The molecule has 1 aliphatic heterocycles. The Morgan fingerprint density at radius 3 is 2.43 bits per heavy atom. The molecule has 28 heavy (non-hydrogen) atoms. The van der Waals surface area contributed by atoms with Crippen molar-refractivity contribution in [1.82, 2.24) is 8.96 Å². The first-order valence-electron chi connectivity index (χ1n) is 9.71. The highest BCUT2D eigenvalue weighted by atomic mass is 32.2. The third kappa shape index (κ3) is 4.08. The topological polar surface area (TPSA) is 47.4 Å². The predicted octanol–water partition coefficient (Wildman–Crippen LogP) is 4.88. The number of nitrogens with zero attached hydrogens (tertiary/aromatic N) is 3. The second-order valence-electron chi connectivity index (χ2n) is 6.52. The van der Waals surface area contributed by atoms with E-state index in [1.807, 2.05) is 13.8 Å². The normalized spacial score (nSPS) is 13.9. The lowest BCUT2D eigenvalue weighted by atomic mass is 10.1. The fourth-order valence-corrected chi connectivity index (χ4v) is 4.26. The molecule has 3 heterocycles. The maximum absolute atomic E-state index is 11.6. The van der Waals surface area contributed by atoms with Gasteiger partial charge in [0, 0.05) is 35.8 Å². The molecule has 1 fully saturated rings. The molecule has 0 bridgehead atoms. The van der Waals surface area contributed by atoms with Crippen molar-refractivity contribution in [1.29, 1.82) is 0 Å². The van der Waals surface area contributed by atoms with Crippen LogP contribution in [0.1, 0.15) is 35.3 Å². The lowest BCUT2D eigenvalue weighted by Gasteiger charge is -2.30. The van der Waals surface area contributed by atoms with E-state index in [0.717, 1.165) is 46.6 Å². The molecule has 4 rings (SSSR count).